The molecule has 1 aliphatic rings. The standard InChI is InChI=1S/C19H16N6OS/c1-2-5-13(6-3-1)19-22-15(12-27-19)11-25-9-14(10-25)18-23-17(24-26-18)16-20-7-4-8-21-16/h1-8,12,14H,9-11H2. The maximum absolute atomic E-state index is 5.40. The van der Waals surface area contributed by atoms with Crippen LogP contribution in [0.1, 0.15) is 17.5 Å². The van der Waals surface area contributed by atoms with Crippen LogP contribution >= 0.6 is 11.3 Å². The molecule has 1 fully saturated rings. The molecule has 1 aromatic carbocycles. The molecule has 0 radical (unpaired) electrons. The van der Waals surface area contributed by atoms with Gasteiger partial charge in [0.25, 0.3) is 0 Å². The first-order valence-electron chi connectivity index (χ1n) is 8.68. The van der Waals surface area contributed by atoms with Crippen LogP contribution in [0.4, 0.5) is 0 Å². The van der Waals surface area contributed by atoms with E-state index in [1.165, 1.54) is 0 Å². The largest absolute Gasteiger partial charge is 0.338 e. The fourth-order valence-electron chi connectivity index (χ4n) is 3.08. The van der Waals surface area contributed by atoms with E-state index in [0.717, 1.165) is 35.9 Å². The Balaban J connectivity index is 1.20. The molecular formula is C19H16N6OS. The zero-order valence-electron chi connectivity index (χ0n) is 14.4. The van der Waals surface area contributed by atoms with Crippen LogP contribution < -0.4 is 0 Å². The van der Waals surface area contributed by atoms with E-state index in [1.54, 1.807) is 29.8 Å². The van der Waals surface area contributed by atoms with Crippen molar-refractivity contribution in [3.05, 3.63) is 65.8 Å². The molecule has 0 amide bonds. The van der Waals surface area contributed by atoms with Gasteiger partial charge in [0.2, 0.25) is 17.5 Å². The van der Waals surface area contributed by atoms with Gasteiger partial charge in [0, 0.05) is 43.0 Å². The Labute approximate surface area is 159 Å². The van der Waals surface area contributed by atoms with Gasteiger partial charge in [-0.2, -0.15) is 4.98 Å². The molecule has 0 unspecified atom stereocenters. The highest BCUT2D eigenvalue weighted by Gasteiger charge is 2.33. The third-order valence-corrected chi connectivity index (χ3v) is 5.41. The summed E-state index contributed by atoms with van der Waals surface area (Å²) in [5, 5.41) is 7.19. The lowest BCUT2D eigenvalue weighted by Crippen LogP contribution is -2.44. The average Bonchev–Trinajstić information content (AvgIpc) is 3.36. The Morgan fingerprint density at radius 2 is 1.81 bits per heavy atom. The van der Waals surface area contributed by atoms with Gasteiger partial charge >= 0.3 is 0 Å². The van der Waals surface area contributed by atoms with E-state index in [2.05, 4.69) is 42.5 Å². The van der Waals surface area contributed by atoms with Gasteiger partial charge in [0.05, 0.1) is 11.6 Å². The molecule has 1 aliphatic heterocycles. The lowest BCUT2D eigenvalue weighted by atomic mass is 10.00. The first-order chi connectivity index (χ1) is 13.3. The summed E-state index contributed by atoms with van der Waals surface area (Å²) in [5.41, 5.74) is 2.26. The van der Waals surface area contributed by atoms with E-state index < -0.39 is 0 Å². The topological polar surface area (TPSA) is 80.8 Å². The van der Waals surface area contributed by atoms with Crippen molar-refractivity contribution < 1.29 is 4.52 Å². The minimum Gasteiger partial charge on any atom is -0.338 e. The summed E-state index contributed by atoms with van der Waals surface area (Å²) in [5.74, 6) is 1.83. The summed E-state index contributed by atoms with van der Waals surface area (Å²) in [7, 11) is 0. The van der Waals surface area contributed by atoms with Gasteiger partial charge in [-0.3, -0.25) is 4.90 Å². The van der Waals surface area contributed by atoms with E-state index in [1.807, 2.05) is 18.2 Å². The van der Waals surface area contributed by atoms with Crippen LogP contribution in [0, 0.1) is 0 Å². The number of aromatic nitrogens is 5. The maximum Gasteiger partial charge on any atom is 0.240 e. The number of nitrogens with zero attached hydrogens (tertiary/aromatic N) is 6. The molecule has 134 valence electrons. The molecule has 4 aromatic rings. The Morgan fingerprint density at radius 3 is 2.63 bits per heavy atom. The number of benzene rings is 1. The van der Waals surface area contributed by atoms with Crippen LogP contribution in [0.5, 0.6) is 0 Å². The number of thiazole rings is 1. The van der Waals surface area contributed by atoms with Crippen molar-refractivity contribution in [2.45, 2.75) is 12.5 Å². The lowest BCUT2D eigenvalue weighted by molar-refractivity contribution is 0.116. The van der Waals surface area contributed by atoms with E-state index in [0.29, 0.717) is 17.5 Å². The molecule has 0 atom stereocenters. The molecule has 4 heterocycles. The number of rotatable bonds is 5. The second kappa shape index (κ2) is 6.98. The zero-order chi connectivity index (χ0) is 18.1. The normalized spacial score (nSPS) is 15.0. The lowest BCUT2D eigenvalue weighted by Gasteiger charge is -2.36. The van der Waals surface area contributed by atoms with Gasteiger partial charge in [-0.05, 0) is 6.07 Å². The summed E-state index contributed by atoms with van der Waals surface area (Å²) in [6.07, 6.45) is 3.34. The fraction of sp³-hybridized carbons (Fsp3) is 0.211. The average molecular weight is 376 g/mol. The third-order valence-electron chi connectivity index (χ3n) is 4.47. The SMILES string of the molecule is c1ccc(-c2nc(CN3CC(c4nc(-c5ncccn5)no4)C3)cs2)cc1. The number of hydrogen-bond donors (Lipinski definition) is 0. The molecular weight excluding hydrogens is 360 g/mol. The minimum atomic E-state index is 0.252. The predicted molar refractivity (Wildman–Crippen MR) is 101 cm³/mol. The highest BCUT2D eigenvalue weighted by Crippen LogP contribution is 2.29. The second-order valence-electron chi connectivity index (χ2n) is 6.43. The van der Waals surface area contributed by atoms with Gasteiger partial charge in [-0.1, -0.05) is 35.5 Å². The van der Waals surface area contributed by atoms with Crippen molar-refractivity contribution in [2.75, 3.05) is 13.1 Å². The quantitative estimate of drug-likeness (QED) is 0.529. The monoisotopic (exact) mass is 376 g/mol. The molecule has 0 aliphatic carbocycles. The van der Waals surface area contributed by atoms with Gasteiger partial charge in [0.1, 0.15) is 5.01 Å². The van der Waals surface area contributed by atoms with Crippen molar-refractivity contribution in [3.8, 4) is 22.2 Å². The summed E-state index contributed by atoms with van der Waals surface area (Å²) >= 11 is 1.68. The molecule has 8 heteroatoms. The Morgan fingerprint density at radius 1 is 1.00 bits per heavy atom. The Hall–Kier alpha value is -2.97. The molecule has 7 nitrogen and oxygen atoms in total. The summed E-state index contributed by atoms with van der Waals surface area (Å²) < 4.78 is 5.40. The van der Waals surface area contributed by atoms with Gasteiger partial charge in [-0.25, -0.2) is 15.0 Å². The molecule has 0 bridgehead atoms. The smallest absolute Gasteiger partial charge is 0.240 e. The molecule has 27 heavy (non-hydrogen) atoms. The van der Waals surface area contributed by atoms with Gasteiger partial charge < -0.3 is 4.52 Å². The number of likely N-dealkylation sites (tertiary alicyclic amines) is 1. The first kappa shape index (κ1) is 16.2. The summed E-state index contributed by atoms with van der Waals surface area (Å²) in [6, 6.07) is 12.0. The second-order valence-corrected chi connectivity index (χ2v) is 7.29. The highest BCUT2D eigenvalue weighted by molar-refractivity contribution is 7.13. The van der Waals surface area contributed by atoms with Crippen LogP contribution in [-0.2, 0) is 6.54 Å². The van der Waals surface area contributed by atoms with Crippen LogP contribution in [0.25, 0.3) is 22.2 Å². The zero-order valence-corrected chi connectivity index (χ0v) is 15.2. The Kier molecular flexibility index (Phi) is 4.19. The fourth-order valence-corrected chi connectivity index (χ4v) is 3.90. The van der Waals surface area contributed by atoms with Gasteiger partial charge in [0.15, 0.2) is 0 Å². The third kappa shape index (κ3) is 3.36. The first-order valence-corrected chi connectivity index (χ1v) is 9.56. The molecule has 0 N–H and O–H groups in total. The summed E-state index contributed by atoms with van der Waals surface area (Å²) in [6.45, 7) is 2.60. The van der Waals surface area contributed by atoms with Crippen LogP contribution in [-0.4, -0.2) is 43.1 Å². The van der Waals surface area contributed by atoms with Gasteiger partial charge in [-0.15, -0.1) is 11.3 Å². The van der Waals surface area contributed by atoms with Crippen molar-refractivity contribution in [1.29, 1.82) is 0 Å². The summed E-state index contributed by atoms with van der Waals surface area (Å²) in [4.78, 5) is 19.8. The van der Waals surface area contributed by atoms with Crippen molar-refractivity contribution >= 4 is 11.3 Å². The minimum absolute atomic E-state index is 0.252. The van der Waals surface area contributed by atoms with Crippen LogP contribution in [0.3, 0.4) is 0 Å². The van der Waals surface area contributed by atoms with Crippen molar-refractivity contribution in [1.82, 2.24) is 30.0 Å². The predicted octanol–water partition coefficient (Wildman–Crippen LogP) is 3.25. The molecule has 3 aromatic heterocycles. The van der Waals surface area contributed by atoms with Crippen molar-refractivity contribution in [2.24, 2.45) is 0 Å². The van der Waals surface area contributed by atoms with Crippen LogP contribution in [0.2, 0.25) is 0 Å². The highest BCUT2D eigenvalue weighted by atomic mass is 32.1. The molecule has 5 rings (SSSR count). The number of hydrogen-bond acceptors (Lipinski definition) is 8. The molecule has 0 saturated carbocycles. The van der Waals surface area contributed by atoms with E-state index >= 15 is 0 Å². The van der Waals surface area contributed by atoms with E-state index in [-0.39, 0.29) is 5.92 Å². The molecule has 0 spiro atoms. The Bertz CT molecular complexity index is 1030. The maximum atomic E-state index is 5.40. The van der Waals surface area contributed by atoms with Crippen LogP contribution in [0.15, 0.2) is 58.7 Å². The van der Waals surface area contributed by atoms with E-state index in [4.69, 9.17) is 9.51 Å². The van der Waals surface area contributed by atoms with E-state index in [9.17, 15) is 0 Å². The van der Waals surface area contributed by atoms with Crippen molar-refractivity contribution in [3.63, 3.8) is 0 Å². The molecule has 1 saturated heterocycles.